The average molecular weight is 284 g/mol. The van der Waals surface area contributed by atoms with Crippen LogP contribution in [0.2, 0.25) is 0 Å². The molecule has 0 saturated heterocycles. The van der Waals surface area contributed by atoms with Gasteiger partial charge in [0.2, 0.25) is 0 Å². The zero-order chi connectivity index (χ0) is 14.8. The number of fused-ring (bicyclic) bond motifs is 1. The van der Waals surface area contributed by atoms with Gasteiger partial charge in [0.05, 0.1) is 5.69 Å². The second-order valence-electron chi connectivity index (χ2n) is 5.99. The number of benzene rings is 1. The molecular weight excluding hydrogens is 260 g/mol. The van der Waals surface area contributed by atoms with Crippen molar-refractivity contribution in [3.05, 3.63) is 47.3 Å². The maximum atomic E-state index is 6.11. The summed E-state index contributed by atoms with van der Waals surface area (Å²) >= 11 is 0. The monoisotopic (exact) mass is 284 g/mol. The number of hydrogen-bond donors (Lipinski definition) is 1. The summed E-state index contributed by atoms with van der Waals surface area (Å²) in [4.78, 5) is 2.43. The van der Waals surface area contributed by atoms with Crippen LogP contribution in [-0.4, -0.2) is 21.2 Å². The normalized spacial score (nSPS) is 16.7. The molecule has 0 saturated carbocycles. The lowest BCUT2D eigenvalue weighted by atomic mass is 9.98. The fourth-order valence-electron chi connectivity index (χ4n) is 2.92. The first-order valence-electron chi connectivity index (χ1n) is 7.80. The van der Waals surface area contributed by atoms with Crippen molar-refractivity contribution >= 4 is 5.69 Å². The molecule has 1 unspecified atom stereocenters. The molecule has 1 aliphatic heterocycles. The number of nitrogen functional groups attached to an aromatic ring is 1. The van der Waals surface area contributed by atoms with E-state index in [1.807, 2.05) is 6.07 Å². The van der Waals surface area contributed by atoms with Crippen LogP contribution in [0.3, 0.4) is 0 Å². The molecule has 112 valence electrons. The minimum absolute atomic E-state index is 0.469. The molecule has 3 rings (SSSR count). The van der Waals surface area contributed by atoms with Gasteiger partial charge in [-0.1, -0.05) is 19.1 Å². The molecule has 2 heterocycles. The van der Waals surface area contributed by atoms with E-state index in [2.05, 4.69) is 47.8 Å². The fraction of sp³-hybridized carbons (Fsp3) is 0.471. The highest BCUT2D eigenvalue weighted by Gasteiger charge is 2.19. The Balaban J connectivity index is 1.70. The van der Waals surface area contributed by atoms with Gasteiger partial charge in [-0.05, 0) is 43.0 Å². The van der Waals surface area contributed by atoms with Gasteiger partial charge in [0, 0.05) is 37.6 Å². The average Bonchev–Trinajstić information content (AvgIpc) is 2.96. The van der Waals surface area contributed by atoms with Crippen molar-refractivity contribution in [2.75, 3.05) is 12.3 Å². The van der Waals surface area contributed by atoms with Crippen molar-refractivity contribution in [2.24, 2.45) is 0 Å². The summed E-state index contributed by atoms with van der Waals surface area (Å²) in [6.07, 6.45) is 4.27. The maximum Gasteiger partial charge on any atom is 0.0765 e. The van der Waals surface area contributed by atoms with Crippen molar-refractivity contribution < 1.29 is 0 Å². The summed E-state index contributed by atoms with van der Waals surface area (Å²) in [7, 11) is 0. The number of nitrogens with zero attached hydrogens (tertiary/aromatic N) is 3. The van der Waals surface area contributed by atoms with Gasteiger partial charge in [-0.3, -0.25) is 9.58 Å². The summed E-state index contributed by atoms with van der Waals surface area (Å²) in [6, 6.07) is 8.85. The predicted octanol–water partition coefficient (Wildman–Crippen LogP) is 2.99. The quantitative estimate of drug-likeness (QED) is 0.878. The SMILES string of the molecule is CCC(C)n1ccc(CN2CCc3cccc(N)c3C2)n1. The second-order valence-corrected chi connectivity index (χ2v) is 5.99. The molecule has 21 heavy (non-hydrogen) atoms. The van der Waals surface area contributed by atoms with E-state index < -0.39 is 0 Å². The number of nitrogens with two attached hydrogens (primary N) is 1. The Morgan fingerprint density at radius 1 is 1.33 bits per heavy atom. The van der Waals surface area contributed by atoms with Crippen molar-refractivity contribution in [1.82, 2.24) is 14.7 Å². The molecule has 0 aliphatic carbocycles. The van der Waals surface area contributed by atoms with Gasteiger partial charge in [-0.15, -0.1) is 0 Å². The summed E-state index contributed by atoms with van der Waals surface area (Å²) < 4.78 is 2.07. The second kappa shape index (κ2) is 5.90. The molecule has 1 atom stereocenters. The third kappa shape index (κ3) is 2.95. The minimum Gasteiger partial charge on any atom is -0.398 e. The van der Waals surface area contributed by atoms with Crippen LogP contribution in [-0.2, 0) is 19.5 Å². The molecule has 0 spiro atoms. The molecule has 1 aromatic heterocycles. The summed E-state index contributed by atoms with van der Waals surface area (Å²) in [5.41, 5.74) is 10.9. The molecule has 1 aromatic carbocycles. The standard InChI is InChI=1S/C17H24N4/c1-3-13(2)21-10-8-15(19-21)11-20-9-7-14-5-4-6-17(18)16(14)12-20/h4-6,8,10,13H,3,7,9,11-12,18H2,1-2H3. The van der Waals surface area contributed by atoms with Gasteiger partial charge in [0.15, 0.2) is 0 Å². The molecule has 0 fully saturated rings. The van der Waals surface area contributed by atoms with E-state index in [9.17, 15) is 0 Å². The zero-order valence-electron chi connectivity index (χ0n) is 12.9. The van der Waals surface area contributed by atoms with Gasteiger partial charge in [0.25, 0.3) is 0 Å². The van der Waals surface area contributed by atoms with Gasteiger partial charge in [-0.2, -0.15) is 5.10 Å². The Morgan fingerprint density at radius 2 is 2.19 bits per heavy atom. The topological polar surface area (TPSA) is 47.1 Å². The highest BCUT2D eigenvalue weighted by atomic mass is 15.3. The van der Waals surface area contributed by atoms with Crippen molar-refractivity contribution in [2.45, 2.75) is 45.8 Å². The summed E-state index contributed by atoms with van der Waals surface area (Å²) in [6.45, 7) is 7.30. The Bertz CT molecular complexity index is 617. The molecule has 2 aromatic rings. The van der Waals surface area contributed by atoms with Crippen LogP contribution in [0.1, 0.15) is 43.1 Å². The van der Waals surface area contributed by atoms with E-state index in [0.29, 0.717) is 6.04 Å². The first-order chi connectivity index (χ1) is 10.2. The number of aromatic nitrogens is 2. The van der Waals surface area contributed by atoms with E-state index in [4.69, 9.17) is 10.8 Å². The molecular formula is C17H24N4. The minimum atomic E-state index is 0.469. The number of rotatable bonds is 4. The Hall–Kier alpha value is -1.81. The van der Waals surface area contributed by atoms with E-state index >= 15 is 0 Å². The van der Waals surface area contributed by atoms with Gasteiger partial charge >= 0.3 is 0 Å². The van der Waals surface area contributed by atoms with E-state index in [1.54, 1.807) is 0 Å². The predicted molar refractivity (Wildman–Crippen MR) is 85.9 cm³/mol. The van der Waals surface area contributed by atoms with E-state index in [0.717, 1.165) is 43.9 Å². The number of hydrogen-bond acceptors (Lipinski definition) is 3. The molecule has 0 amide bonds. The largest absolute Gasteiger partial charge is 0.398 e. The molecule has 1 aliphatic rings. The highest BCUT2D eigenvalue weighted by Crippen LogP contribution is 2.25. The molecule has 4 heteroatoms. The molecule has 4 nitrogen and oxygen atoms in total. The van der Waals surface area contributed by atoms with Crippen molar-refractivity contribution in [3.8, 4) is 0 Å². The first kappa shape index (κ1) is 14.1. The van der Waals surface area contributed by atoms with Crippen molar-refractivity contribution in [1.29, 1.82) is 0 Å². The fourth-order valence-corrected chi connectivity index (χ4v) is 2.92. The highest BCUT2D eigenvalue weighted by molar-refractivity contribution is 5.51. The Morgan fingerprint density at radius 3 is 3.00 bits per heavy atom. The zero-order valence-corrected chi connectivity index (χ0v) is 12.9. The van der Waals surface area contributed by atoms with E-state index in [-0.39, 0.29) is 0 Å². The molecule has 0 bridgehead atoms. The lowest BCUT2D eigenvalue weighted by Gasteiger charge is -2.29. The van der Waals surface area contributed by atoms with Crippen molar-refractivity contribution in [3.63, 3.8) is 0 Å². The smallest absolute Gasteiger partial charge is 0.0765 e. The first-order valence-corrected chi connectivity index (χ1v) is 7.80. The number of anilines is 1. The Labute approximate surface area is 126 Å². The molecule has 0 radical (unpaired) electrons. The van der Waals surface area contributed by atoms with Gasteiger partial charge in [-0.25, -0.2) is 0 Å². The lowest BCUT2D eigenvalue weighted by Crippen LogP contribution is -2.30. The summed E-state index contributed by atoms with van der Waals surface area (Å²) in [5.74, 6) is 0. The summed E-state index contributed by atoms with van der Waals surface area (Å²) in [5, 5.41) is 4.70. The van der Waals surface area contributed by atoms with Crippen LogP contribution < -0.4 is 5.73 Å². The van der Waals surface area contributed by atoms with Crippen LogP contribution in [0.4, 0.5) is 5.69 Å². The van der Waals surface area contributed by atoms with Crippen LogP contribution in [0.5, 0.6) is 0 Å². The Kier molecular flexibility index (Phi) is 3.97. The van der Waals surface area contributed by atoms with Crippen LogP contribution in [0, 0.1) is 0 Å². The lowest BCUT2D eigenvalue weighted by molar-refractivity contribution is 0.242. The van der Waals surface area contributed by atoms with Crippen LogP contribution in [0.15, 0.2) is 30.5 Å². The third-order valence-electron chi connectivity index (χ3n) is 4.48. The third-order valence-corrected chi connectivity index (χ3v) is 4.48. The van der Waals surface area contributed by atoms with Crippen LogP contribution >= 0.6 is 0 Å². The maximum absolute atomic E-state index is 6.11. The van der Waals surface area contributed by atoms with E-state index in [1.165, 1.54) is 11.1 Å². The molecule has 2 N–H and O–H groups in total. The van der Waals surface area contributed by atoms with Gasteiger partial charge in [0.1, 0.15) is 0 Å². The van der Waals surface area contributed by atoms with Crippen LogP contribution in [0.25, 0.3) is 0 Å². The van der Waals surface area contributed by atoms with Gasteiger partial charge < -0.3 is 5.73 Å².